The second kappa shape index (κ2) is 8.16. The molecular weight excluding hydrogens is 284 g/mol. The van der Waals surface area contributed by atoms with Gasteiger partial charge >= 0.3 is 0 Å². The number of hydrogen-bond acceptors (Lipinski definition) is 3. The minimum atomic E-state index is 0.302. The Balaban J connectivity index is 1.76. The zero-order valence-corrected chi connectivity index (χ0v) is 15.6. The van der Waals surface area contributed by atoms with Crippen LogP contribution in [0.2, 0.25) is 0 Å². The first-order valence-corrected chi connectivity index (χ1v) is 9.08. The average Bonchev–Trinajstić information content (AvgIpc) is 2.53. The molecule has 0 radical (unpaired) electrons. The number of aryl methyl sites for hydroxylation is 1. The van der Waals surface area contributed by atoms with Gasteiger partial charge in [0.05, 0.1) is 0 Å². The highest BCUT2D eigenvalue weighted by Crippen LogP contribution is 2.23. The summed E-state index contributed by atoms with van der Waals surface area (Å²) < 4.78 is 5.91. The van der Waals surface area contributed by atoms with E-state index in [0.717, 1.165) is 25.4 Å². The summed E-state index contributed by atoms with van der Waals surface area (Å²) in [7, 11) is 0. The third kappa shape index (κ3) is 5.50. The number of rotatable bonds is 6. The topological polar surface area (TPSA) is 15.7 Å². The molecule has 1 aliphatic rings. The fourth-order valence-electron chi connectivity index (χ4n) is 3.42. The molecule has 0 aromatic heterocycles. The van der Waals surface area contributed by atoms with Crippen molar-refractivity contribution in [1.82, 2.24) is 9.80 Å². The highest BCUT2D eigenvalue weighted by molar-refractivity contribution is 5.26. The van der Waals surface area contributed by atoms with Crippen LogP contribution >= 0.6 is 0 Å². The van der Waals surface area contributed by atoms with Crippen LogP contribution in [0.15, 0.2) is 24.3 Å². The maximum atomic E-state index is 5.91. The molecule has 1 heterocycles. The maximum Gasteiger partial charge on any atom is 0.119 e. The molecule has 1 saturated heterocycles. The number of likely N-dealkylation sites (tertiary alicyclic amines) is 1. The lowest BCUT2D eigenvalue weighted by atomic mass is 9.97. The van der Waals surface area contributed by atoms with Crippen molar-refractivity contribution in [3.8, 4) is 5.75 Å². The number of nitrogens with zero attached hydrogens (tertiary/aromatic N) is 2. The van der Waals surface area contributed by atoms with Crippen LogP contribution in [0.3, 0.4) is 0 Å². The van der Waals surface area contributed by atoms with E-state index in [1.54, 1.807) is 0 Å². The molecule has 130 valence electrons. The first kappa shape index (κ1) is 18.3. The standard InChI is InChI=1S/C20H34N2O/c1-6-21(15-16-23-19-9-7-17(2)8-10-19)18-11-13-22(14-12-18)20(3,4)5/h7-10,18H,6,11-16H2,1-5H3. The molecule has 0 amide bonds. The summed E-state index contributed by atoms with van der Waals surface area (Å²) in [6.07, 6.45) is 2.55. The van der Waals surface area contributed by atoms with Crippen molar-refractivity contribution < 1.29 is 4.74 Å². The summed E-state index contributed by atoms with van der Waals surface area (Å²) in [5.74, 6) is 0.981. The average molecular weight is 319 g/mol. The van der Waals surface area contributed by atoms with Crippen molar-refractivity contribution in [2.24, 2.45) is 0 Å². The molecule has 1 aliphatic heterocycles. The lowest BCUT2D eigenvalue weighted by molar-refractivity contribution is 0.0531. The van der Waals surface area contributed by atoms with E-state index in [1.807, 2.05) is 0 Å². The van der Waals surface area contributed by atoms with Crippen molar-refractivity contribution in [2.45, 2.75) is 59.0 Å². The number of ether oxygens (including phenoxy) is 1. The van der Waals surface area contributed by atoms with Gasteiger partial charge in [0.1, 0.15) is 12.4 Å². The molecular formula is C20H34N2O. The Morgan fingerprint density at radius 2 is 1.74 bits per heavy atom. The van der Waals surface area contributed by atoms with Gasteiger partial charge in [0, 0.05) is 31.2 Å². The molecule has 1 aromatic rings. The van der Waals surface area contributed by atoms with Crippen LogP contribution in [0.25, 0.3) is 0 Å². The zero-order chi connectivity index (χ0) is 16.9. The molecule has 3 heteroatoms. The normalized spacial score (nSPS) is 17.7. The largest absolute Gasteiger partial charge is 0.492 e. The Labute approximate surface area is 142 Å². The maximum absolute atomic E-state index is 5.91. The minimum Gasteiger partial charge on any atom is -0.492 e. The first-order chi connectivity index (χ1) is 10.9. The van der Waals surface area contributed by atoms with E-state index in [0.29, 0.717) is 11.6 Å². The van der Waals surface area contributed by atoms with E-state index < -0.39 is 0 Å². The SMILES string of the molecule is CCN(CCOc1ccc(C)cc1)C1CCN(C(C)(C)C)CC1. The van der Waals surface area contributed by atoms with Crippen molar-refractivity contribution in [2.75, 3.05) is 32.8 Å². The predicted octanol–water partition coefficient (Wildman–Crippen LogP) is 3.96. The molecule has 2 rings (SSSR count). The number of hydrogen-bond donors (Lipinski definition) is 0. The fraction of sp³-hybridized carbons (Fsp3) is 0.700. The van der Waals surface area contributed by atoms with E-state index >= 15 is 0 Å². The minimum absolute atomic E-state index is 0.302. The van der Waals surface area contributed by atoms with Crippen molar-refractivity contribution >= 4 is 0 Å². The fourth-order valence-corrected chi connectivity index (χ4v) is 3.42. The van der Waals surface area contributed by atoms with Crippen LogP contribution in [-0.4, -0.2) is 54.2 Å². The van der Waals surface area contributed by atoms with Gasteiger partial charge in [-0.25, -0.2) is 0 Å². The Morgan fingerprint density at radius 3 is 2.26 bits per heavy atom. The smallest absolute Gasteiger partial charge is 0.119 e. The molecule has 3 nitrogen and oxygen atoms in total. The van der Waals surface area contributed by atoms with Crippen LogP contribution in [0.5, 0.6) is 5.75 Å². The van der Waals surface area contributed by atoms with Gasteiger partial charge < -0.3 is 4.74 Å². The van der Waals surface area contributed by atoms with Gasteiger partial charge in [0.25, 0.3) is 0 Å². The Kier molecular flexibility index (Phi) is 6.49. The summed E-state index contributed by atoms with van der Waals surface area (Å²) in [6.45, 7) is 16.7. The highest BCUT2D eigenvalue weighted by atomic mass is 16.5. The molecule has 1 aromatic carbocycles. The van der Waals surface area contributed by atoms with Gasteiger partial charge in [-0.15, -0.1) is 0 Å². The molecule has 0 N–H and O–H groups in total. The molecule has 0 saturated carbocycles. The number of piperidine rings is 1. The number of likely N-dealkylation sites (N-methyl/N-ethyl adjacent to an activating group) is 1. The van der Waals surface area contributed by atoms with Crippen LogP contribution in [0, 0.1) is 6.92 Å². The highest BCUT2D eigenvalue weighted by Gasteiger charge is 2.29. The van der Waals surface area contributed by atoms with E-state index in [2.05, 4.69) is 68.7 Å². The zero-order valence-electron chi connectivity index (χ0n) is 15.6. The van der Waals surface area contributed by atoms with Gasteiger partial charge in [-0.2, -0.15) is 0 Å². The van der Waals surface area contributed by atoms with Gasteiger partial charge in [0.15, 0.2) is 0 Å². The van der Waals surface area contributed by atoms with Gasteiger partial charge in [-0.05, 0) is 59.2 Å². The second-order valence-electron chi connectivity index (χ2n) is 7.68. The van der Waals surface area contributed by atoms with Crippen molar-refractivity contribution in [1.29, 1.82) is 0 Å². The molecule has 0 aliphatic carbocycles. The molecule has 23 heavy (non-hydrogen) atoms. The Morgan fingerprint density at radius 1 is 1.13 bits per heavy atom. The van der Waals surface area contributed by atoms with E-state index in [9.17, 15) is 0 Å². The van der Waals surface area contributed by atoms with Crippen molar-refractivity contribution in [3.63, 3.8) is 0 Å². The third-order valence-electron chi connectivity index (χ3n) is 5.00. The summed E-state index contributed by atoms with van der Waals surface area (Å²) in [5, 5.41) is 0. The monoisotopic (exact) mass is 318 g/mol. The molecule has 0 unspecified atom stereocenters. The summed E-state index contributed by atoms with van der Waals surface area (Å²) in [5.41, 5.74) is 1.58. The lowest BCUT2D eigenvalue weighted by Gasteiger charge is -2.43. The van der Waals surface area contributed by atoms with Crippen LogP contribution in [-0.2, 0) is 0 Å². The summed E-state index contributed by atoms with van der Waals surface area (Å²) in [4.78, 5) is 5.20. The quantitative estimate of drug-likeness (QED) is 0.789. The Bertz CT molecular complexity index is 456. The van der Waals surface area contributed by atoms with E-state index in [1.165, 1.54) is 31.5 Å². The molecule has 1 fully saturated rings. The van der Waals surface area contributed by atoms with E-state index in [4.69, 9.17) is 4.74 Å². The van der Waals surface area contributed by atoms with Gasteiger partial charge in [-0.1, -0.05) is 24.6 Å². The Hall–Kier alpha value is -1.06. The molecule has 0 atom stereocenters. The van der Waals surface area contributed by atoms with Crippen LogP contribution < -0.4 is 4.74 Å². The summed E-state index contributed by atoms with van der Waals surface area (Å²) >= 11 is 0. The van der Waals surface area contributed by atoms with Gasteiger partial charge in [-0.3, -0.25) is 9.80 Å². The lowest BCUT2D eigenvalue weighted by Crippen LogP contribution is -2.51. The third-order valence-corrected chi connectivity index (χ3v) is 5.00. The van der Waals surface area contributed by atoms with Crippen LogP contribution in [0.4, 0.5) is 0 Å². The predicted molar refractivity (Wildman–Crippen MR) is 98.3 cm³/mol. The first-order valence-electron chi connectivity index (χ1n) is 9.08. The number of benzene rings is 1. The van der Waals surface area contributed by atoms with Crippen molar-refractivity contribution in [3.05, 3.63) is 29.8 Å². The molecule has 0 bridgehead atoms. The summed E-state index contributed by atoms with van der Waals surface area (Å²) in [6, 6.07) is 9.05. The second-order valence-corrected chi connectivity index (χ2v) is 7.68. The van der Waals surface area contributed by atoms with Crippen LogP contribution in [0.1, 0.15) is 46.1 Å². The van der Waals surface area contributed by atoms with Gasteiger partial charge in [0.2, 0.25) is 0 Å². The van der Waals surface area contributed by atoms with E-state index in [-0.39, 0.29) is 0 Å². The molecule has 0 spiro atoms.